The van der Waals surface area contributed by atoms with E-state index in [1.165, 1.54) is 0 Å². The Kier molecular flexibility index (Phi) is 22.9. The van der Waals surface area contributed by atoms with Crippen molar-refractivity contribution in [2.45, 2.75) is 0 Å². The molecule has 0 saturated carbocycles. The molecule has 0 heterocycles. The summed E-state index contributed by atoms with van der Waals surface area (Å²) in [5.41, 5.74) is 0. The number of hydrogen-bond donors (Lipinski definition) is 3. The summed E-state index contributed by atoms with van der Waals surface area (Å²) in [6, 6.07) is 0. The molecule has 0 aromatic rings. The third-order valence-electron chi connectivity index (χ3n) is 0. The van der Waals surface area contributed by atoms with E-state index in [0.29, 0.717) is 0 Å². The van der Waals surface area contributed by atoms with E-state index in [1.807, 2.05) is 0 Å². The second-order valence-corrected chi connectivity index (χ2v) is 3.44. The second-order valence-electron chi connectivity index (χ2n) is 0.513. The standard InChI is InChI=1S/Cu.5H2O.O.Sb/h;5*1H2;;/q;;;;;;;+3/p-3. The molecule has 0 amide bonds. The van der Waals surface area contributed by atoms with E-state index in [4.69, 9.17) is 13.2 Å². The Morgan fingerprint density at radius 3 is 1.00 bits per heavy atom. The Hall–Kier alpha value is 0.938. The summed E-state index contributed by atoms with van der Waals surface area (Å²) < 4.78 is 30.8. The van der Waals surface area contributed by atoms with Crippen molar-refractivity contribution >= 4 is 20.1 Å². The van der Waals surface area contributed by atoms with E-state index < -0.39 is 20.1 Å². The van der Waals surface area contributed by atoms with Crippen molar-refractivity contribution in [2.24, 2.45) is 0 Å². The SMILES string of the molecule is O.O.[Cu].[O]=[Sb]([OH])([OH])[OH]. The predicted molar refractivity (Wildman–Crippen MR) is 20.3 cm³/mol. The van der Waals surface area contributed by atoms with Gasteiger partial charge in [-0.15, -0.1) is 0 Å². The average molecular weight is 288 g/mol. The molecule has 0 aromatic heterocycles. The van der Waals surface area contributed by atoms with Gasteiger partial charge in [-0.1, -0.05) is 0 Å². The summed E-state index contributed by atoms with van der Waals surface area (Å²) in [7, 11) is 0. The number of rotatable bonds is 0. The topological polar surface area (TPSA) is 141 Å². The molecule has 0 saturated heterocycles. The zero-order valence-electron chi connectivity index (χ0n) is 3.50. The van der Waals surface area contributed by atoms with E-state index in [2.05, 4.69) is 0 Å². The summed E-state index contributed by atoms with van der Waals surface area (Å²) in [6.45, 7) is 0. The van der Waals surface area contributed by atoms with Gasteiger partial charge >= 0.3 is 33.2 Å². The maximum absolute atomic E-state index is 8.97. The molecule has 0 fully saturated rings. The van der Waals surface area contributed by atoms with Crippen LogP contribution in [0.2, 0.25) is 0 Å². The fourth-order valence-corrected chi connectivity index (χ4v) is 0. The predicted octanol–water partition coefficient (Wildman–Crippen LogP) is -3.82. The summed E-state index contributed by atoms with van der Waals surface area (Å²) in [4.78, 5) is 0. The Morgan fingerprint density at radius 1 is 1.00 bits per heavy atom. The second kappa shape index (κ2) is 7.94. The van der Waals surface area contributed by atoms with Crippen LogP contribution in [0.15, 0.2) is 0 Å². The van der Waals surface area contributed by atoms with Crippen molar-refractivity contribution in [2.75, 3.05) is 0 Å². The van der Waals surface area contributed by atoms with E-state index in [-0.39, 0.29) is 28.0 Å². The van der Waals surface area contributed by atoms with Crippen molar-refractivity contribution in [3.8, 4) is 0 Å². The van der Waals surface area contributed by atoms with Gasteiger partial charge in [0, 0.05) is 17.1 Å². The third kappa shape index (κ3) is 278. The summed E-state index contributed by atoms with van der Waals surface area (Å²) in [5.74, 6) is 0. The Bertz CT molecular complexity index is 54.7. The van der Waals surface area contributed by atoms with Gasteiger partial charge in [0.05, 0.1) is 0 Å². The van der Waals surface area contributed by atoms with Crippen LogP contribution in [0.1, 0.15) is 0 Å². The van der Waals surface area contributed by atoms with Crippen LogP contribution >= 0.6 is 0 Å². The monoisotopic (exact) mass is 287 g/mol. The van der Waals surface area contributed by atoms with Crippen LogP contribution in [0.5, 0.6) is 0 Å². The Labute approximate surface area is 61.3 Å². The molecule has 0 spiro atoms. The van der Waals surface area contributed by atoms with Gasteiger partial charge in [-0.05, 0) is 0 Å². The first kappa shape index (κ1) is 23.1. The molecule has 0 aliphatic heterocycles. The molecule has 1 radical (unpaired) electrons. The van der Waals surface area contributed by atoms with Gasteiger partial charge in [-0.3, -0.25) is 0 Å². The van der Waals surface area contributed by atoms with Crippen LogP contribution in [0, 0.1) is 0 Å². The molecular weight excluding hydrogens is 281 g/mol. The first-order valence-corrected chi connectivity index (χ1v) is 5.25. The molecule has 0 aliphatic carbocycles. The molecule has 8 heavy (non-hydrogen) atoms. The molecular formula is H7CuO6Sb. The molecule has 0 aromatic carbocycles. The van der Waals surface area contributed by atoms with Gasteiger partial charge in [-0.25, -0.2) is 0 Å². The molecule has 0 bridgehead atoms. The van der Waals surface area contributed by atoms with Crippen LogP contribution in [0.3, 0.4) is 0 Å². The van der Waals surface area contributed by atoms with E-state index >= 15 is 0 Å². The van der Waals surface area contributed by atoms with Crippen molar-refractivity contribution in [1.82, 2.24) is 0 Å². The summed E-state index contributed by atoms with van der Waals surface area (Å²) in [6.07, 6.45) is 0. The zero-order valence-corrected chi connectivity index (χ0v) is 6.99. The Balaban J connectivity index is -0.0000000267. The molecule has 0 atom stereocenters. The van der Waals surface area contributed by atoms with E-state index in [1.54, 1.807) is 0 Å². The normalized spacial score (nSPS) is 7.38. The molecule has 8 heteroatoms. The molecule has 7 N–H and O–H groups in total. The molecule has 59 valence electrons. The van der Waals surface area contributed by atoms with Crippen molar-refractivity contribution < 1.29 is 41.2 Å². The van der Waals surface area contributed by atoms with Gasteiger partial charge in [-0.2, -0.15) is 0 Å². The van der Waals surface area contributed by atoms with Gasteiger partial charge in [0.25, 0.3) is 0 Å². The molecule has 0 unspecified atom stereocenters. The first-order valence-electron chi connectivity index (χ1n) is 0.783. The van der Waals surface area contributed by atoms with Crippen molar-refractivity contribution in [3.63, 3.8) is 0 Å². The number of hydrogen-bond acceptors (Lipinski definition) is 1. The first-order chi connectivity index (χ1) is 2.00. The molecule has 0 aliphatic rings. The van der Waals surface area contributed by atoms with Gasteiger partial charge < -0.3 is 11.0 Å². The molecule has 6 nitrogen and oxygen atoms in total. The third-order valence-corrected chi connectivity index (χ3v) is 0. The zero-order chi connectivity index (χ0) is 4.50. The van der Waals surface area contributed by atoms with Gasteiger partial charge in [0.2, 0.25) is 0 Å². The summed E-state index contributed by atoms with van der Waals surface area (Å²) in [5, 5.41) is 0. The minimum absolute atomic E-state index is 0. The van der Waals surface area contributed by atoms with Crippen molar-refractivity contribution in [3.05, 3.63) is 0 Å². The van der Waals surface area contributed by atoms with Crippen LogP contribution in [-0.4, -0.2) is 41.2 Å². The van der Waals surface area contributed by atoms with Crippen LogP contribution in [-0.2, 0) is 20.1 Å². The Morgan fingerprint density at radius 2 is 1.00 bits per heavy atom. The van der Waals surface area contributed by atoms with Crippen LogP contribution < -0.4 is 0 Å². The fraction of sp³-hybridized carbons (Fsp3) is 0. The molecule has 0 rings (SSSR count). The van der Waals surface area contributed by atoms with Gasteiger partial charge in [0.1, 0.15) is 0 Å². The summed E-state index contributed by atoms with van der Waals surface area (Å²) >= 11 is -5.35. The van der Waals surface area contributed by atoms with Gasteiger partial charge in [0.15, 0.2) is 0 Å². The average Bonchev–Trinajstić information content (AvgIpc) is 0.722. The fourth-order valence-electron chi connectivity index (χ4n) is 0. The van der Waals surface area contributed by atoms with E-state index in [9.17, 15) is 0 Å². The van der Waals surface area contributed by atoms with Crippen molar-refractivity contribution in [1.29, 1.82) is 0 Å². The van der Waals surface area contributed by atoms with E-state index in [0.717, 1.165) is 0 Å². The van der Waals surface area contributed by atoms with Crippen LogP contribution in [0.4, 0.5) is 0 Å². The minimum atomic E-state index is -5.35. The maximum atomic E-state index is 8.97. The quantitative estimate of drug-likeness (QED) is 0.393. The van der Waals surface area contributed by atoms with Crippen LogP contribution in [0.25, 0.3) is 0 Å².